The molecule has 2 rings (SSSR count). The maximum atomic E-state index is 11.0. The number of rotatable bonds is 6. The second kappa shape index (κ2) is 5.89. The summed E-state index contributed by atoms with van der Waals surface area (Å²) in [6.07, 6.45) is 3.62. The Morgan fingerprint density at radius 3 is 2.60 bits per heavy atom. The number of nitrogens with zero attached hydrogens (tertiary/aromatic N) is 2. The van der Waals surface area contributed by atoms with E-state index in [1.165, 1.54) is 19.3 Å². The molecule has 0 heterocycles. The normalized spacial score (nSPS) is 17.0. The summed E-state index contributed by atoms with van der Waals surface area (Å²) in [6.45, 7) is 3.54. The van der Waals surface area contributed by atoms with E-state index in [4.69, 9.17) is 0 Å². The largest absolute Gasteiger partial charge is 0.308 e. The van der Waals surface area contributed by atoms with Crippen molar-refractivity contribution in [3.63, 3.8) is 0 Å². The van der Waals surface area contributed by atoms with E-state index in [9.17, 15) is 10.1 Å². The van der Waals surface area contributed by atoms with Crippen LogP contribution in [-0.4, -0.2) is 36.0 Å². The third-order valence-electron chi connectivity index (χ3n) is 4.20. The van der Waals surface area contributed by atoms with E-state index >= 15 is 0 Å². The van der Waals surface area contributed by atoms with Crippen LogP contribution < -0.4 is 5.32 Å². The highest BCUT2D eigenvalue weighted by Gasteiger charge is 2.36. The van der Waals surface area contributed by atoms with E-state index in [1.807, 2.05) is 13.0 Å². The minimum atomic E-state index is -0.308. The van der Waals surface area contributed by atoms with Gasteiger partial charge in [0.25, 0.3) is 5.69 Å². The summed E-state index contributed by atoms with van der Waals surface area (Å²) in [4.78, 5) is 12.9. The molecule has 1 aliphatic carbocycles. The van der Waals surface area contributed by atoms with E-state index in [1.54, 1.807) is 12.1 Å². The number of likely N-dealkylation sites (N-methyl/N-ethyl adjacent to an activating group) is 1. The summed E-state index contributed by atoms with van der Waals surface area (Å²) in [5.74, 6) is 0. The van der Waals surface area contributed by atoms with Gasteiger partial charge in [0.2, 0.25) is 0 Å². The van der Waals surface area contributed by atoms with Crippen LogP contribution in [0.5, 0.6) is 0 Å². The molecule has 0 saturated heterocycles. The van der Waals surface area contributed by atoms with Crippen molar-refractivity contribution in [1.82, 2.24) is 10.2 Å². The molecule has 1 fully saturated rings. The number of hydrogen-bond donors (Lipinski definition) is 1. The molecule has 20 heavy (non-hydrogen) atoms. The fourth-order valence-corrected chi connectivity index (χ4v) is 2.94. The van der Waals surface area contributed by atoms with E-state index < -0.39 is 0 Å². The first kappa shape index (κ1) is 14.9. The predicted octanol–water partition coefficient (Wildman–Crippen LogP) is 2.48. The third kappa shape index (κ3) is 3.16. The fourth-order valence-electron chi connectivity index (χ4n) is 2.94. The highest BCUT2D eigenvalue weighted by atomic mass is 16.6. The standard InChI is InChI=1S/C15H23N3O2/c1-12-13(6-4-7-14(12)18(19)20)10-16-15(8-5-9-15)11-17(2)3/h4,6-7,16H,5,8-11H2,1-3H3. The Hall–Kier alpha value is -1.46. The highest BCUT2D eigenvalue weighted by molar-refractivity contribution is 5.44. The summed E-state index contributed by atoms with van der Waals surface area (Å²) < 4.78 is 0. The number of hydrogen-bond acceptors (Lipinski definition) is 4. The molecule has 1 aliphatic rings. The molecule has 1 aromatic carbocycles. The number of nitrogens with one attached hydrogen (secondary N) is 1. The monoisotopic (exact) mass is 277 g/mol. The lowest BCUT2D eigenvalue weighted by molar-refractivity contribution is -0.385. The molecule has 1 saturated carbocycles. The molecule has 0 bridgehead atoms. The van der Waals surface area contributed by atoms with Gasteiger partial charge in [0.15, 0.2) is 0 Å². The van der Waals surface area contributed by atoms with Gasteiger partial charge in [-0.05, 0) is 45.8 Å². The second-order valence-electron chi connectivity index (χ2n) is 6.04. The van der Waals surface area contributed by atoms with Crippen LogP contribution in [0, 0.1) is 17.0 Å². The van der Waals surface area contributed by atoms with Gasteiger partial charge in [-0.15, -0.1) is 0 Å². The van der Waals surface area contributed by atoms with E-state index in [-0.39, 0.29) is 16.1 Å². The lowest BCUT2D eigenvalue weighted by Gasteiger charge is -2.44. The van der Waals surface area contributed by atoms with Crippen LogP contribution in [0.25, 0.3) is 0 Å². The zero-order valence-electron chi connectivity index (χ0n) is 12.5. The van der Waals surface area contributed by atoms with E-state index in [0.717, 1.165) is 17.7 Å². The van der Waals surface area contributed by atoms with Crippen molar-refractivity contribution in [2.24, 2.45) is 0 Å². The molecule has 1 aromatic rings. The van der Waals surface area contributed by atoms with Gasteiger partial charge in [0.05, 0.1) is 4.92 Å². The lowest BCUT2D eigenvalue weighted by Crippen LogP contribution is -2.56. The zero-order valence-corrected chi connectivity index (χ0v) is 12.5. The zero-order chi connectivity index (χ0) is 14.8. The Bertz CT molecular complexity index is 496. The van der Waals surface area contributed by atoms with E-state index in [2.05, 4.69) is 24.3 Å². The van der Waals surface area contributed by atoms with Crippen LogP contribution in [0.15, 0.2) is 18.2 Å². The van der Waals surface area contributed by atoms with Crippen LogP contribution in [0.4, 0.5) is 5.69 Å². The average Bonchev–Trinajstić information content (AvgIpc) is 2.33. The van der Waals surface area contributed by atoms with Gasteiger partial charge in [-0.3, -0.25) is 10.1 Å². The van der Waals surface area contributed by atoms with Gasteiger partial charge in [-0.25, -0.2) is 0 Å². The Labute approximate surface area is 120 Å². The lowest BCUT2D eigenvalue weighted by atomic mass is 9.76. The smallest absolute Gasteiger partial charge is 0.272 e. The molecule has 0 amide bonds. The summed E-state index contributed by atoms with van der Waals surface area (Å²) in [5, 5.41) is 14.6. The molecule has 0 aliphatic heterocycles. The van der Waals surface area contributed by atoms with Crippen LogP contribution in [0.1, 0.15) is 30.4 Å². The van der Waals surface area contributed by atoms with Gasteiger partial charge >= 0.3 is 0 Å². The van der Waals surface area contributed by atoms with Crippen molar-refractivity contribution in [3.05, 3.63) is 39.4 Å². The Kier molecular flexibility index (Phi) is 4.40. The van der Waals surface area contributed by atoms with Gasteiger partial charge in [-0.1, -0.05) is 12.1 Å². The minimum Gasteiger partial charge on any atom is -0.308 e. The highest BCUT2D eigenvalue weighted by Crippen LogP contribution is 2.33. The quantitative estimate of drug-likeness (QED) is 0.641. The molecular weight excluding hydrogens is 254 g/mol. The summed E-state index contributed by atoms with van der Waals surface area (Å²) >= 11 is 0. The molecule has 0 aromatic heterocycles. The van der Waals surface area contributed by atoms with Crippen molar-refractivity contribution in [2.45, 2.75) is 38.3 Å². The van der Waals surface area contributed by atoms with Crippen molar-refractivity contribution >= 4 is 5.69 Å². The number of nitro benzene ring substituents is 1. The van der Waals surface area contributed by atoms with Gasteiger partial charge in [0.1, 0.15) is 0 Å². The molecule has 110 valence electrons. The van der Waals surface area contributed by atoms with Crippen LogP contribution in [-0.2, 0) is 6.54 Å². The summed E-state index contributed by atoms with van der Waals surface area (Å²) in [6, 6.07) is 5.30. The fraction of sp³-hybridized carbons (Fsp3) is 0.600. The Balaban J connectivity index is 2.07. The third-order valence-corrected chi connectivity index (χ3v) is 4.20. The van der Waals surface area contributed by atoms with Crippen LogP contribution in [0.3, 0.4) is 0 Å². The number of benzene rings is 1. The van der Waals surface area contributed by atoms with Gasteiger partial charge in [0, 0.05) is 30.3 Å². The average molecular weight is 277 g/mol. The SMILES string of the molecule is Cc1c(CNC2(CN(C)C)CCC2)cccc1[N+](=O)[O-]. The Morgan fingerprint density at radius 1 is 1.40 bits per heavy atom. The second-order valence-corrected chi connectivity index (χ2v) is 6.04. The van der Waals surface area contributed by atoms with Crippen molar-refractivity contribution in [2.75, 3.05) is 20.6 Å². The summed E-state index contributed by atoms with van der Waals surface area (Å²) in [7, 11) is 4.17. The molecular formula is C15H23N3O2. The van der Waals surface area contributed by atoms with Gasteiger partial charge in [-0.2, -0.15) is 0 Å². The molecule has 0 radical (unpaired) electrons. The van der Waals surface area contributed by atoms with E-state index in [0.29, 0.717) is 6.54 Å². The maximum absolute atomic E-state index is 11.0. The van der Waals surface area contributed by atoms with Crippen molar-refractivity contribution < 1.29 is 4.92 Å². The topological polar surface area (TPSA) is 58.4 Å². The molecule has 5 nitrogen and oxygen atoms in total. The maximum Gasteiger partial charge on any atom is 0.272 e. The molecule has 5 heteroatoms. The first-order chi connectivity index (χ1) is 9.43. The predicted molar refractivity (Wildman–Crippen MR) is 79.8 cm³/mol. The molecule has 0 spiro atoms. The molecule has 0 atom stereocenters. The van der Waals surface area contributed by atoms with Crippen molar-refractivity contribution in [3.8, 4) is 0 Å². The Morgan fingerprint density at radius 2 is 2.10 bits per heavy atom. The minimum absolute atomic E-state index is 0.181. The number of nitro groups is 1. The van der Waals surface area contributed by atoms with Crippen LogP contribution >= 0.6 is 0 Å². The molecule has 1 N–H and O–H groups in total. The first-order valence-corrected chi connectivity index (χ1v) is 7.06. The van der Waals surface area contributed by atoms with Crippen molar-refractivity contribution in [1.29, 1.82) is 0 Å². The van der Waals surface area contributed by atoms with Crippen LogP contribution in [0.2, 0.25) is 0 Å². The van der Waals surface area contributed by atoms with Gasteiger partial charge < -0.3 is 10.2 Å². The summed E-state index contributed by atoms with van der Waals surface area (Å²) in [5.41, 5.74) is 2.17. The molecule has 0 unspecified atom stereocenters. The first-order valence-electron chi connectivity index (χ1n) is 7.06.